The first-order valence-electron chi connectivity index (χ1n) is 5.95. The van der Waals surface area contributed by atoms with E-state index >= 15 is 0 Å². The van der Waals surface area contributed by atoms with E-state index in [0.29, 0.717) is 24.9 Å². The van der Waals surface area contributed by atoms with Crippen LogP contribution in [0.15, 0.2) is 30.3 Å². The summed E-state index contributed by atoms with van der Waals surface area (Å²) in [7, 11) is 0. The van der Waals surface area contributed by atoms with Gasteiger partial charge < -0.3 is 15.7 Å². The number of carboxylic acid groups (broad SMARTS) is 1. The molecule has 1 unspecified atom stereocenters. The summed E-state index contributed by atoms with van der Waals surface area (Å²) in [5.74, 6) is -1.27. The molecule has 0 aliphatic carbocycles. The van der Waals surface area contributed by atoms with Gasteiger partial charge in [0.25, 0.3) is 0 Å². The normalized spacial score (nSPS) is 20.7. The van der Waals surface area contributed by atoms with Crippen LogP contribution in [0.3, 0.4) is 0 Å². The van der Waals surface area contributed by atoms with E-state index in [0.717, 1.165) is 0 Å². The SMILES string of the molecule is NC(C(=O)N1CCC[C@@H]1C(=O)O)c1ccccc1. The highest BCUT2D eigenvalue weighted by Gasteiger charge is 2.36. The summed E-state index contributed by atoms with van der Waals surface area (Å²) in [6.07, 6.45) is 1.22. The summed E-state index contributed by atoms with van der Waals surface area (Å²) in [4.78, 5) is 24.6. The molecule has 5 heteroatoms. The topological polar surface area (TPSA) is 83.6 Å². The molecule has 18 heavy (non-hydrogen) atoms. The molecular weight excluding hydrogens is 232 g/mol. The zero-order valence-electron chi connectivity index (χ0n) is 9.95. The monoisotopic (exact) mass is 248 g/mol. The molecule has 1 aromatic rings. The van der Waals surface area contributed by atoms with Gasteiger partial charge in [0, 0.05) is 6.54 Å². The average Bonchev–Trinajstić information content (AvgIpc) is 2.87. The zero-order valence-corrected chi connectivity index (χ0v) is 9.95. The van der Waals surface area contributed by atoms with Gasteiger partial charge >= 0.3 is 5.97 Å². The van der Waals surface area contributed by atoms with E-state index in [-0.39, 0.29) is 5.91 Å². The maximum absolute atomic E-state index is 12.2. The summed E-state index contributed by atoms with van der Waals surface area (Å²) >= 11 is 0. The van der Waals surface area contributed by atoms with Gasteiger partial charge in [-0.15, -0.1) is 0 Å². The molecule has 0 aromatic heterocycles. The number of hydrogen-bond donors (Lipinski definition) is 2. The van der Waals surface area contributed by atoms with Gasteiger partial charge in [-0.05, 0) is 18.4 Å². The third-order valence-electron chi connectivity index (χ3n) is 3.25. The number of carboxylic acids is 1. The minimum atomic E-state index is -0.957. The second kappa shape index (κ2) is 5.18. The van der Waals surface area contributed by atoms with Crippen LogP contribution >= 0.6 is 0 Å². The molecule has 0 bridgehead atoms. The van der Waals surface area contributed by atoms with Crippen molar-refractivity contribution in [1.29, 1.82) is 0 Å². The van der Waals surface area contributed by atoms with Gasteiger partial charge in [-0.2, -0.15) is 0 Å². The van der Waals surface area contributed by atoms with E-state index in [1.54, 1.807) is 24.3 Å². The predicted molar refractivity (Wildman–Crippen MR) is 65.7 cm³/mol. The smallest absolute Gasteiger partial charge is 0.326 e. The fraction of sp³-hybridized carbons (Fsp3) is 0.385. The molecule has 0 radical (unpaired) electrons. The highest BCUT2D eigenvalue weighted by Crippen LogP contribution is 2.22. The predicted octanol–water partition coefficient (Wildman–Crippen LogP) is 0.762. The van der Waals surface area contributed by atoms with Crippen molar-refractivity contribution in [3.05, 3.63) is 35.9 Å². The summed E-state index contributed by atoms with van der Waals surface area (Å²) in [6, 6.07) is 7.49. The number of benzene rings is 1. The van der Waals surface area contributed by atoms with E-state index < -0.39 is 18.1 Å². The number of hydrogen-bond acceptors (Lipinski definition) is 3. The highest BCUT2D eigenvalue weighted by molar-refractivity contribution is 5.88. The van der Waals surface area contributed by atoms with Gasteiger partial charge in [-0.25, -0.2) is 4.79 Å². The Morgan fingerprint density at radius 2 is 2.00 bits per heavy atom. The van der Waals surface area contributed by atoms with Gasteiger partial charge in [0.2, 0.25) is 5.91 Å². The largest absolute Gasteiger partial charge is 0.480 e. The summed E-state index contributed by atoms with van der Waals surface area (Å²) < 4.78 is 0. The van der Waals surface area contributed by atoms with Crippen LogP contribution in [0.4, 0.5) is 0 Å². The number of aliphatic carboxylic acids is 1. The lowest BCUT2D eigenvalue weighted by molar-refractivity contribution is -0.148. The van der Waals surface area contributed by atoms with Crippen LogP contribution in [-0.2, 0) is 9.59 Å². The van der Waals surface area contributed by atoms with Crippen LogP contribution in [0, 0.1) is 0 Å². The molecule has 1 aliphatic heterocycles. The molecule has 1 fully saturated rings. The number of amides is 1. The molecule has 1 aromatic carbocycles. The third kappa shape index (κ3) is 2.36. The molecular formula is C13H16N2O3. The van der Waals surface area contributed by atoms with Crippen molar-refractivity contribution in [2.24, 2.45) is 5.73 Å². The summed E-state index contributed by atoms with van der Waals surface area (Å²) in [5.41, 5.74) is 6.60. The molecule has 3 N–H and O–H groups in total. The number of likely N-dealkylation sites (tertiary alicyclic amines) is 1. The van der Waals surface area contributed by atoms with E-state index in [1.807, 2.05) is 6.07 Å². The van der Waals surface area contributed by atoms with Crippen molar-refractivity contribution >= 4 is 11.9 Å². The number of rotatable bonds is 3. The number of carbonyl (C=O) groups is 2. The van der Waals surface area contributed by atoms with Gasteiger partial charge in [-0.1, -0.05) is 30.3 Å². The molecule has 1 heterocycles. The maximum atomic E-state index is 12.2. The van der Waals surface area contributed by atoms with Gasteiger partial charge in [0.1, 0.15) is 12.1 Å². The Balaban J connectivity index is 2.14. The Bertz CT molecular complexity index is 447. The van der Waals surface area contributed by atoms with Gasteiger partial charge in [0.05, 0.1) is 0 Å². The highest BCUT2D eigenvalue weighted by atomic mass is 16.4. The fourth-order valence-corrected chi connectivity index (χ4v) is 2.27. The standard InChI is InChI=1S/C13H16N2O3/c14-11(9-5-2-1-3-6-9)12(16)15-8-4-7-10(15)13(17)18/h1-3,5-6,10-11H,4,7-8,14H2,(H,17,18)/t10-,11?/m1/s1. The molecule has 0 saturated carbocycles. The number of nitrogens with two attached hydrogens (primary N) is 1. The van der Waals surface area contributed by atoms with Crippen LogP contribution in [0.25, 0.3) is 0 Å². The molecule has 96 valence electrons. The van der Waals surface area contributed by atoms with Crippen molar-refractivity contribution in [2.75, 3.05) is 6.54 Å². The average molecular weight is 248 g/mol. The Morgan fingerprint density at radius 3 is 2.61 bits per heavy atom. The lowest BCUT2D eigenvalue weighted by atomic mass is 10.1. The number of nitrogens with zero attached hydrogens (tertiary/aromatic N) is 1. The van der Waals surface area contributed by atoms with Gasteiger partial charge in [0.15, 0.2) is 0 Å². The molecule has 2 rings (SSSR count). The van der Waals surface area contributed by atoms with Crippen LogP contribution in [0.1, 0.15) is 24.4 Å². The molecule has 1 amide bonds. The van der Waals surface area contributed by atoms with Crippen molar-refractivity contribution in [2.45, 2.75) is 24.9 Å². The molecule has 5 nitrogen and oxygen atoms in total. The van der Waals surface area contributed by atoms with Crippen LogP contribution in [0.2, 0.25) is 0 Å². The van der Waals surface area contributed by atoms with Crippen LogP contribution in [0.5, 0.6) is 0 Å². The second-order valence-corrected chi connectivity index (χ2v) is 4.42. The molecule has 2 atom stereocenters. The third-order valence-corrected chi connectivity index (χ3v) is 3.25. The quantitative estimate of drug-likeness (QED) is 0.827. The summed E-state index contributed by atoms with van der Waals surface area (Å²) in [5, 5.41) is 9.05. The summed E-state index contributed by atoms with van der Waals surface area (Å²) in [6.45, 7) is 0.469. The Hall–Kier alpha value is -1.88. The van der Waals surface area contributed by atoms with Crippen molar-refractivity contribution < 1.29 is 14.7 Å². The minimum Gasteiger partial charge on any atom is -0.480 e. The first-order valence-corrected chi connectivity index (χ1v) is 5.95. The lowest BCUT2D eigenvalue weighted by Crippen LogP contribution is -2.44. The Morgan fingerprint density at radius 1 is 1.33 bits per heavy atom. The van der Waals surface area contributed by atoms with Crippen molar-refractivity contribution in [1.82, 2.24) is 4.90 Å². The minimum absolute atomic E-state index is 0.314. The van der Waals surface area contributed by atoms with Crippen LogP contribution in [-0.4, -0.2) is 34.5 Å². The Labute approximate surface area is 105 Å². The van der Waals surface area contributed by atoms with E-state index in [4.69, 9.17) is 10.8 Å². The fourth-order valence-electron chi connectivity index (χ4n) is 2.27. The van der Waals surface area contributed by atoms with Crippen molar-refractivity contribution in [3.8, 4) is 0 Å². The molecule has 0 spiro atoms. The molecule has 1 saturated heterocycles. The van der Waals surface area contributed by atoms with E-state index in [9.17, 15) is 9.59 Å². The molecule has 1 aliphatic rings. The first kappa shape index (κ1) is 12.6. The van der Waals surface area contributed by atoms with Crippen molar-refractivity contribution in [3.63, 3.8) is 0 Å². The zero-order chi connectivity index (χ0) is 13.1. The van der Waals surface area contributed by atoms with Gasteiger partial charge in [-0.3, -0.25) is 4.79 Å². The van der Waals surface area contributed by atoms with E-state index in [1.165, 1.54) is 4.90 Å². The maximum Gasteiger partial charge on any atom is 0.326 e. The number of carbonyl (C=O) groups excluding carboxylic acids is 1. The van der Waals surface area contributed by atoms with Crippen LogP contribution < -0.4 is 5.73 Å². The second-order valence-electron chi connectivity index (χ2n) is 4.42. The first-order chi connectivity index (χ1) is 8.61. The van der Waals surface area contributed by atoms with E-state index in [2.05, 4.69) is 0 Å². The Kier molecular flexibility index (Phi) is 3.62. The lowest BCUT2D eigenvalue weighted by Gasteiger charge is -2.24.